The number of benzene rings is 3. The number of hydrogen-bond donors (Lipinski definition) is 2. The van der Waals surface area contributed by atoms with Gasteiger partial charge in [0.2, 0.25) is 11.8 Å². The van der Waals surface area contributed by atoms with Crippen molar-refractivity contribution in [3.05, 3.63) is 89.5 Å². The van der Waals surface area contributed by atoms with Crippen LogP contribution >= 0.6 is 0 Å². The summed E-state index contributed by atoms with van der Waals surface area (Å²) in [5.41, 5.74) is 4.76. The van der Waals surface area contributed by atoms with Crippen molar-refractivity contribution in [2.24, 2.45) is 5.92 Å². The quantitative estimate of drug-likeness (QED) is 0.475. The molecule has 7 nitrogen and oxygen atoms in total. The van der Waals surface area contributed by atoms with E-state index in [2.05, 4.69) is 29.7 Å². The molecule has 1 saturated heterocycles. The van der Waals surface area contributed by atoms with E-state index in [1.54, 1.807) is 29.2 Å². The van der Waals surface area contributed by atoms with Crippen LogP contribution in [0.4, 0.5) is 11.4 Å². The summed E-state index contributed by atoms with van der Waals surface area (Å²) in [7, 11) is 0. The highest BCUT2D eigenvalue weighted by Gasteiger charge is 2.35. The van der Waals surface area contributed by atoms with E-state index in [0.29, 0.717) is 24.5 Å². The van der Waals surface area contributed by atoms with Crippen molar-refractivity contribution in [3.8, 4) is 5.75 Å². The fourth-order valence-electron chi connectivity index (χ4n) is 4.15. The van der Waals surface area contributed by atoms with Gasteiger partial charge in [-0.05, 0) is 66.4 Å². The summed E-state index contributed by atoms with van der Waals surface area (Å²) < 4.78 is 5.58. The molecule has 3 aromatic rings. The van der Waals surface area contributed by atoms with Gasteiger partial charge < -0.3 is 20.3 Å². The molecule has 7 heteroatoms. The molecule has 1 heterocycles. The zero-order chi connectivity index (χ0) is 25.5. The van der Waals surface area contributed by atoms with E-state index in [9.17, 15) is 14.4 Å². The maximum absolute atomic E-state index is 12.7. The van der Waals surface area contributed by atoms with Crippen molar-refractivity contribution < 1.29 is 19.1 Å². The number of aryl methyl sites for hydroxylation is 2. The van der Waals surface area contributed by atoms with Gasteiger partial charge in [0, 0.05) is 30.9 Å². The number of amides is 3. The second-order valence-corrected chi connectivity index (χ2v) is 8.99. The summed E-state index contributed by atoms with van der Waals surface area (Å²) in [4.78, 5) is 39.0. The first-order chi connectivity index (χ1) is 17.4. The third kappa shape index (κ3) is 6.50. The van der Waals surface area contributed by atoms with E-state index in [1.165, 1.54) is 5.56 Å². The second-order valence-electron chi connectivity index (χ2n) is 8.99. The number of hydrogen-bond acceptors (Lipinski definition) is 4. The Morgan fingerprint density at radius 1 is 1.00 bits per heavy atom. The second kappa shape index (κ2) is 11.5. The molecular formula is C29H31N3O4. The normalized spacial score (nSPS) is 15.0. The average molecular weight is 486 g/mol. The van der Waals surface area contributed by atoms with E-state index < -0.39 is 5.92 Å². The number of nitrogens with one attached hydrogen (secondary N) is 2. The summed E-state index contributed by atoms with van der Waals surface area (Å²) in [5, 5.41) is 5.75. The minimum Gasteiger partial charge on any atom is -0.484 e. The third-order valence-electron chi connectivity index (χ3n) is 6.21. The molecule has 0 unspecified atom stereocenters. The number of carbonyl (C=O) groups is 3. The molecule has 3 amide bonds. The van der Waals surface area contributed by atoms with E-state index in [1.807, 2.05) is 43.3 Å². The zero-order valence-electron chi connectivity index (χ0n) is 20.6. The monoisotopic (exact) mass is 485 g/mol. The molecule has 0 saturated carbocycles. The highest BCUT2D eigenvalue weighted by Crippen LogP contribution is 2.27. The fourth-order valence-corrected chi connectivity index (χ4v) is 4.15. The Hall–Kier alpha value is -4.13. The Kier molecular flexibility index (Phi) is 8.00. The van der Waals surface area contributed by atoms with Crippen LogP contribution in [0.25, 0.3) is 0 Å². The topological polar surface area (TPSA) is 87.7 Å². The first kappa shape index (κ1) is 25.0. The summed E-state index contributed by atoms with van der Waals surface area (Å²) in [6.45, 7) is 4.71. The van der Waals surface area contributed by atoms with Crippen molar-refractivity contribution in [2.75, 3.05) is 23.4 Å². The SMILES string of the molecule is CCc1ccc(CNC(=O)[C@@H]2CC(=O)N(c3ccc(OCC(=O)Nc4cccc(C)c4)cc3)C2)cc1. The predicted molar refractivity (Wildman–Crippen MR) is 140 cm³/mol. The first-order valence-electron chi connectivity index (χ1n) is 12.2. The molecule has 1 atom stereocenters. The Balaban J connectivity index is 1.26. The van der Waals surface area contributed by atoms with Crippen molar-refractivity contribution >= 4 is 29.1 Å². The van der Waals surface area contributed by atoms with Crippen LogP contribution in [0.2, 0.25) is 0 Å². The van der Waals surface area contributed by atoms with Gasteiger partial charge in [-0.25, -0.2) is 0 Å². The largest absolute Gasteiger partial charge is 0.484 e. The van der Waals surface area contributed by atoms with Crippen molar-refractivity contribution in [3.63, 3.8) is 0 Å². The van der Waals surface area contributed by atoms with E-state index in [4.69, 9.17) is 4.74 Å². The van der Waals surface area contributed by atoms with Gasteiger partial charge in [0.25, 0.3) is 5.91 Å². The van der Waals surface area contributed by atoms with Crippen LogP contribution in [-0.4, -0.2) is 30.9 Å². The van der Waals surface area contributed by atoms with Crippen LogP contribution in [-0.2, 0) is 27.3 Å². The Morgan fingerprint density at radius 2 is 1.72 bits per heavy atom. The molecule has 0 aliphatic carbocycles. The lowest BCUT2D eigenvalue weighted by Crippen LogP contribution is -2.32. The number of carbonyl (C=O) groups excluding carboxylic acids is 3. The lowest BCUT2D eigenvalue weighted by atomic mass is 10.1. The van der Waals surface area contributed by atoms with Crippen LogP contribution in [0.1, 0.15) is 30.0 Å². The average Bonchev–Trinajstić information content (AvgIpc) is 3.28. The van der Waals surface area contributed by atoms with E-state index >= 15 is 0 Å². The fraction of sp³-hybridized carbons (Fsp3) is 0.276. The minimum atomic E-state index is -0.395. The lowest BCUT2D eigenvalue weighted by Gasteiger charge is -2.17. The van der Waals surface area contributed by atoms with Gasteiger partial charge in [-0.3, -0.25) is 14.4 Å². The Morgan fingerprint density at radius 3 is 2.42 bits per heavy atom. The molecule has 1 aliphatic rings. The molecule has 3 aromatic carbocycles. The molecule has 186 valence electrons. The summed E-state index contributed by atoms with van der Waals surface area (Å²) in [6.07, 6.45) is 1.15. The molecular weight excluding hydrogens is 454 g/mol. The van der Waals surface area contributed by atoms with Crippen LogP contribution in [0.15, 0.2) is 72.8 Å². The van der Waals surface area contributed by atoms with Crippen LogP contribution < -0.4 is 20.3 Å². The van der Waals surface area contributed by atoms with Gasteiger partial charge in [-0.15, -0.1) is 0 Å². The van der Waals surface area contributed by atoms with Crippen LogP contribution in [0.5, 0.6) is 5.75 Å². The van der Waals surface area contributed by atoms with Crippen LogP contribution in [0.3, 0.4) is 0 Å². The molecule has 0 radical (unpaired) electrons. The molecule has 1 fully saturated rings. The number of nitrogens with zero attached hydrogens (tertiary/aromatic N) is 1. The Bertz CT molecular complexity index is 1220. The van der Waals surface area contributed by atoms with Crippen molar-refractivity contribution in [1.29, 1.82) is 0 Å². The van der Waals surface area contributed by atoms with Gasteiger partial charge in [-0.2, -0.15) is 0 Å². The van der Waals surface area contributed by atoms with Crippen molar-refractivity contribution in [2.45, 2.75) is 33.2 Å². The number of rotatable bonds is 9. The molecule has 2 N–H and O–H groups in total. The van der Waals surface area contributed by atoms with Crippen LogP contribution in [0, 0.1) is 12.8 Å². The van der Waals surface area contributed by atoms with E-state index in [-0.39, 0.29) is 30.7 Å². The summed E-state index contributed by atoms with van der Waals surface area (Å²) in [6, 6.07) is 22.7. The number of ether oxygens (including phenoxy) is 1. The van der Waals surface area contributed by atoms with Crippen molar-refractivity contribution in [1.82, 2.24) is 5.32 Å². The van der Waals surface area contributed by atoms with E-state index in [0.717, 1.165) is 23.2 Å². The lowest BCUT2D eigenvalue weighted by molar-refractivity contribution is -0.126. The Labute approximate surface area is 211 Å². The maximum Gasteiger partial charge on any atom is 0.262 e. The van der Waals surface area contributed by atoms with Gasteiger partial charge in [0.1, 0.15) is 5.75 Å². The highest BCUT2D eigenvalue weighted by molar-refractivity contribution is 6.00. The summed E-state index contributed by atoms with van der Waals surface area (Å²) >= 11 is 0. The highest BCUT2D eigenvalue weighted by atomic mass is 16.5. The molecule has 36 heavy (non-hydrogen) atoms. The van der Waals surface area contributed by atoms with Gasteiger partial charge in [-0.1, -0.05) is 43.3 Å². The predicted octanol–water partition coefficient (Wildman–Crippen LogP) is 4.24. The minimum absolute atomic E-state index is 0.0892. The molecule has 0 bridgehead atoms. The van der Waals surface area contributed by atoms with Gasteiger partial charge in [0.05, 0.1) is 5.92 Å². The van der Waals surface area contributed by atoms with Gasteiger partial charge >= 0.3 is 0 Å². The molecule has 0 aromatic heterocycles. The molecule has 0 spiro atoms. The zero-order valence-corrected chi connectivity index (χ0v) is 20.6. The number of anilines is 2. The standard InChI is InChI=1S/C29H31N3O4/c1-3-21-7-9-22(10-8-21)17-30-29(35)23-16-28(34)32(18-23)25-11-13-26(14-12-25)36-19-27(33)31-24-6-4-5-20(2)15-24/h4-15,23H,3,16-19H2,1-2H3,(H,30,35)(H,31,33)/t23-/m1/s1. The molecule has 1 aliphatic heterocycles. The summed E-state index contributed by atoms with van der Waals surface area (Å²) in [5.74, 6) is -0.338. The van der Waals surface area contributed by atoms with Gasteiger partial charge in [0.15, 0.2) is 6.61 Å². The third-order valence-corrected chi connectivity index (χ3v) is 6.21. The smallest absolute Gasteiger partial charge is 0.262 e. The molecule has 4 rings (SSSR count). The first-order valence-corrected chi connectivity index (χ1v) is 12.2. The maximum atomic E-state index is 12.7.